The number of nitrogens with two attached hydrogens (primary N) is 1. The van der Waals surface area contributed by atoms with E-state index in [0.717, 1.165) is 0 Å². The predicted octanol–water partition coefficient (Wildman–Crippen LogP) is 7.27. The number of rotatable bonds is 2. The number of nitrogen functional groups attached to an aromatic ring is 1. The summed E-state index contributed by atoms with van der Waals surface area (Å²) in [5.41, 5.74) is 5.99. The summed E-state index contributed by atoms with van der Waals surface area (Å²) in [6.07, 6.45) is 0. The van der Waals surface area contributed by atoms with Crippen molar-refractivity contribution in [3.05, 3.63) is 29.3 Å². The van der Waals surface area contributed by atoms with Crippen LogP contribution in [0.15, 0.2) is 18.2 Å². The lowest BCUT2D eigenvalue weighted by Gasteiger charge is -2.35. The van der Waals surface area contributed by atoms with Gasteiger partial charge >= 0.3 is 0 Å². The maximum atomic E-state index is 6.14. The molecule has 0 unspecified atom stereocenters. The van der Waals surface area contributed by atoms with Crippen LogP contribution in [0.4, 0.5) is 5.69 Å². The Hall–Kier alpha value is 1.92. The Morgan fingerprint density at radius 2 is 1.00 bits per heavy atom. The minimum Gasteiger partial charge on any atom is -0.399 e. The van der Waals surface area contributed by atoms with Crippen LogP contribution in [0.2, 0.25) is 0 Å². The molecule has 0 heterocycles. The van der Waals surface area contributed by atoms with E-state index < -0.39 is 16.3 Å². The molecule has 21 heavy (non-hydrogen) atoms. The van der Waals surface area contributed by atoms with Crippen LogP contribution in [-0.2, 0) is 8.67 Å². The van der Waals surface area contributed by atoms with E-state index in [2.05, 4.69) is 0 Å². The van der Waals surface area contributed by atoms with Crippen molar-refractivity contribution in [2.75, 3.05) is 5.73 Å². The van der Waals surface area contributed by atoms with Gasteiger partial charge in [-0.2, -0.15) is 0 Å². The summed E-state index contributed by atoms with van der Waals surface area (Å²) < 4.78 is -8.31. The molecule has 0 bridgehead atoms. The lowest BCUT2D eigenvalue weighted by molar-refractivity contribution is 0.802. The first kappa shape index (κ1) is 21.0. The maximum Gasteiger partial charge on any atom is 0.227 e. The zero-order valence-corrected chi connectivity index (χ0v) is 17.1. The van der Waals surface area contributed by atoms with Crippen molar-refractivity contribution in [2.24, 2.45) is 0 Å². The van der Waals surface area contributed by atoms with Gasteiger partial charge in [-0.05, 0) is 17.7 Å². The quantitative estimate of drug-likeness (QED) is 0.340. The number of hydrogen-bond donors (Lipinski definition) is 1. The molecular formula is C10H5Cl10N. The molecule has 0 saturated carbocycles. The molecular weight excluding hydrogens is 489 g/mol. The van der Waals surface area contributed by atoms with Crippen molar-refractivity contribution in [1.82, 2.24) is 0 Å². The van der Waals surface area contributed by atoms with Gasteiger partial charge in [-0.1, -0.05) is 122 Å². The van der Waals surface area contributed by atoms with Crippen molar-refractivity contribution in [3.63, 3.8) is 0 Å². The normalized spacial score (nSPS) is 14.4. The Balaban J connectivity index is 3.66. The van der Waals surface area contributed by atoms with Crippen molar-refractivity contribution in [3.8, 4) is 0 Å². The zero-order valence-electron chi connectivity index (χ0n) is 9.59. The van der Waals surface area contributed by atoms with Crippen LogP contribution in [0.5, 0.6) is 0 Å². The fraction of sp³-hybridized carbons (Fsp3) is 0.400. The Morgan fingerprint density at radius 1 is 0.619 bits per heavy atom. The Bertz CT molecular complexity index is 528. The minimum atomic E-state index is -2.13. The van der Waals surface area contributed by atoms with Gasteiger partial charge in [-0.25, -0.2) is 0 Å². The number of hydrogen-bond acceptors (Lipinski definition) is 1. The van der Waals surface area contributed by atoms with Crippen LogP contribution >= 0.6 is 116 Å². The molecule has 1 aromatic carbocycles. The summed E-state index contributed by atoms with van der Waals surface area (Å²) in [6.45, 7) is 0. The molecule has 0 aliphatic rings. The van der Waals surface area contributed by atoms with E-state index in [1.54, 1.807) is 0 Å². The highest BCUT2D eigenvalue weighted by Crippen LogP contribution is 2.59. The minimum absolute atomic E-state index is 0.00200. The fourth-order valence-electron chi connectivity index (χ4n) is 1.40. The van der Waals surface area contributed by atoms with Crippen molar-refractivity contribution >= 4 is 122 Å². The topological polar surface area (TPSA) is 26.0 Å². The van der Waals surface area contributed by atoms with Crippen molar-refractivity contribution < 1.29 is 0 Å². The van der Waals surface area contributed by atoms with Crippen molar-refractivity contribution in [2.45, 2.75) is 16.3 Å². The largest absolute Gasteiger partial charge is 0.399 e. The summed E-state index contributed by atoms with van der Waals surface area (Å²) in [4.78, 5) is 0. The van der Waals surface area contributed by atoms with Crippen LogP contribution in [0.3, 0.4) is 0 Å². The monoisotopic (exact) mass is 489 g/mol. The average Bonchev–Trinajstić information content (AvgIpc) is 2.25. The number of halogens is 10. The third-order valence-corrected chi connectivity index (χ3v) is 7.24. The highest BCUT2D eigenvalue weighted by atomic mass is 35.6. The maximum absolute atomic E-state index is 6.14. The second kappa shape index (κ2) is 6.67. The molecule has 0 fully saturated rings. The summed E-state index contributed by atoms with van der Waals surface area (Å²) in [7, 11) is 0. The van der Waals surface area contributed by atoms with E-state index in [0.29, 0.717) is 0 Å². The predicted molar refractivity (Wildman–Crippen MR) is 98.2 cm³/mol. The molecule has 0 amide bonds. The van der Waals surface area contributed by atoms with E-state index in [1.807, 2.05) is 0 Å². The van der Waals surface area contributed by atoms with Gasteiger partial charge in [0.05, 0.1) is 0 Å². The van der Waals surface area contributed by atoms with E-state index in [1.165, 1.54) is 18.2 Å². The van der Waals surface area contributed by atoms with Crippen LogP contribution in [-0.4, -0.2) is 7.59 Å². The smallest absolute Gasteiger partial charge is 0.227 e. The fourth-order valence-corrected chi connectivity index (χ4v) is 2.65. The first-order valence-electron chi connectivity index (χ1n) is 4.92. The lowest BCUT2D eigenvalue weighted by Crippen LogP contribution is -2.35. The number of alkyl halides is 10. The molecule has 0 aliphatic carbocycles. The SMILES string of the molecule is Nc1ccc(C(Cl)(Cl)C(Cl)(Cl)Cl)c(C(Cl)(Cl)C(Cl)(Cl)Cl)c1. The van der Waals surface area contributed by atoms with Crippen molar-refractivity contribution in [1.29, 1.82) is 0 Å². The molecule has 1 rings (SSSR count). The highest BCUT2D eigenvalue weighted by molar-refractivity contribution is 6.76. The van der Waals surface area contributed by atoms with E-state index in [4.69, 9.17) is 122 Å². The molecule has 2 N–H and O–H groups in total. The second-order valence-electron chi connectivity index (χ2n) is 3.95. The van der Waals surface area contributed by atoms with Gasteiger partial charge < -0.3 is 5.73 Å². The zero-order chi connectivity index (χ0) is 16.9. The van der Waals surface area contributed by atoms with Gasteiger partial charge in [-0.15, -0.1) is 0 Å². The van der Waals surface area contributed by atoms with Crippen LogP contribution in [0.25, 0.3) is 0 Å². The summed E-state index contributed by atoms with van der Waals surface area (Å²) in [5.74, 6) is 0. The van der Waals surface area contributed by atoms with E-state index in [-0.39, 0.29) is 16.8 Å². The van der Waals surface area contributed by atoms with E-state index in [9.17, 15) is 0 Å². The summed E-state index contributed by atoms with van der Waals surface area (Å²) >= 11 is 59.3. The van der Waals surface area contributed by atoms with Crippen LogP contribution in [0, 0.1) is 0 Å². The molecule has 0 aromatic heterocycles. The van der Waals surface area contributed by atoms with Gasteiger partial charge in [0.25, 0.3) is 0 Å². The molecule has 11 heteroatoms. The molecule has 0 aliphatic heterocycles. The summed E-state index contributed by atoms with van der Waals surface area (Å²) in [5, 5.41) is 0. The molecule has 120 valence electrons. The van der Waals surface area contributed by atoms with Crippen LogP contribution < -0.4 is 5.73 Å². The Kier molecular flexibility index (Phi) is 6.66. The van der Waals surface area contributed by atoms with Gasteiger partial charge in [0.15, 0.2) is 8.67 Å². The lowest BCUT2D eigenvalue weighted by atomic mass is 10.0. The van der Waals surface area contributed by atoms with Gasteiger partial charge in [-0.3, -0.25) is 0 Å². The highest BCUT2D eigenvalue weighted by Gasteiger charge is 2.54. The first-order chi connectivity index (χ1) is 9.12. The Morgan fingerprint density at radius 3 is 1.38 bits per heavy atom. The number of anilines is 1. The molecule has 0 saturated heterocycles. The molecule has 1 aromatic rings. The number of benzene rings is 1. The molecule has 0 spiro atoms. The Labute approximate surface area is 171 Å². The summed E-state index contributed by atoms with van der Waals surface area (Å²) in [6, 6.07) is 4.16. The second-order valence-corrected chi connectivity index (χ2v) is 11.2. The van der Waals surface area contributed by atoms with Crippen LogP contribution in [0.1, 0.15) is 11.1 Å². The third kappa shape index (κ3) is 4.31. The average molecular weight is 494 g/mol. The molecule has 0 atom stereocenters. The van der Waals surface area contributed by atoms with Gasteiger partial charge in [0, 0.05) is 11.3 Å². The van der Waals surface area contributed by atoms with E-state index >= 15 is 0 Å². The molecule has 0 radical (unpaired) electrons. The van der Waals surface area contributed by atoms with Gasteiger partial charge in [0.2, 0.25) is 7.59 Å². The third-order valence-electron chi connectivity index (χ3n) is 2.43. The molecule has 1 nitrogen and oxygen atoms in total. The first-order valence-corrected chi connectivity index (χ1v) is 8.70. The van der Waals surface area contributed by atoms with Gasteiger partial charge in [0.1, 0.15) is 0 Å². The standard InChI is InChI=1S/C10H5Cl10N/c11-7(12,9(15,16)17)5-2-1-4(21)3-6(5)8(13,14)10(18,19)20/h1-3H,21H2.